The van der Waals surface area contributed by atoms with Crippen LogP contribution in [0.1, 0.15) is 20.3 Å². The summed E-state index contributed by atoms with van der Waals surface area (Å²) in [7, 11) is 4.19. The number of imidazole rings is 1. The molecule has 0 fully saturated rings. The SMILES string of the molecule is CCOCCCNc1nccn1CC(C)N(C)C. The van der Waals surface area contributed by atoms with Gasteiger partial charge in [-0.3, -0.25) is 0 Å². The molecule has 18 heavy (non-hydrogen) atoms. The first-order valence-electron chi connectivity index (χ1n) is 6.64. The van der Waals surface area contributed by atoms with Gasteiger partial charge in [-0.05, 0) is 34.4 Å². The Kier molecular flexibility index (Phi) is 6.75. The topological polar surface area (TPSA) is 42.3 Å². The summed E-state index contributed by atoms with van der Waals surface area (Å²) in [5.74, 6) is 0.945. The fourth-order valence-electron chi connectivity index (χ4n) is 1.59. The summed E-state index contributed by atoms with van der Waals surface area (Å²) >= 11 is 0. The number of aromatic nitrogens is 2. The van der Waals surface area contributed by atoms with Gasteiger partial charge in [-0.1, -0.05) is 0 Å². The van der Waals surface area contributed by atoms with Gasteiger partial charge in [0.2, 0.25) is 5.95 Å². The average Bonchev–Trinajstić information content (AvgIpc) is 2.76. The van der Waals surface area contributed by atoms with Crippen molar-refractivity contribution in [3.05, 3.63) is 12.4 Å². The normalized spacial score (nSPS) is 12.9. The van der Waals surface area contributed by atoms with Crippen LogP contribution in [0.25, 0.3) is 0 Å². The van der Waals surface area contributed by atoms with Gasteiger partial charge in [0.15, 0.2) is 0 Å². The van der Waals surface area contributed by atoms with E-state index in [9.17, 15) is 0 Å². The van der Waals surface area contributed by atoms with Crippen molar-refractivity contribution in [2.75, 3.05) is 39.2 Å². The molecule has 0 bridgehead atoms. The lowest BCUT2D eigenvalue weighted by Crippen LogP contribution is -2.29. The van der Waals surface area contributed by atoms with Gasteiger partial charge in [-0.25, -0.2) is 4.98 Å². The van der Waals surface area contributed by atoms with Crippen molar-refractivity contribution in [3.8, 4) is 0 Å². The third-order valence-electron chi connectivity index (χ3n) is 3.01. The lowest BCUT2D eigenvalue weighted by molar-refractivity contribution is 0.147. The number of nitrogens with zero attached hydrogens (tertiary/aromatic N) is 3. The molecule has 1 N–H and O–H groups in total. The highest BCUT2D eigenvalue weighted by Crippen LogP contribution is 2.07. The fourth-order valence-corrected chi connectivity index (χ4v) is 1.59. The Labute approximate surface area is 110 Å². The predicted molar refractivity (Wildman–Crippen MR) is 75.0 cm³/mol. The molecule has 0 saturated carbocycles. The van der Waals surface area contributed by atoms with Gasteiger partial charge in [-0.2, -0.15) is 0 Å². The molecule has 1 atom stereocenters. The highest BCUT2D eigenvalue weighted by molar-refractivity contribution is 5.25. The van der Waals surface area contributed by atoms with Crippen LogP contribution in [0.5, 0.6) is 0 Å². The van der Waals surface area contributed by atoms with E-state index in [1.54, 1.807) is 0 Å². The molecule has 1 unspecified atom stereocenters. The van der Waals surface area contributed by atoms with E-state index in [0.717, 1.165) is 38.7 Å². The molecule has 0 aliphatic heterocycles. The Balaban J connectivity index is 2.35. The van der Waals surface area contributed by atoms with Crippen LogP contribution < -0.4 is 5.32 Å². The van der Waals surface area contributed by atoms with E-state index in [-0.39, 0.29) is 0 Å². The van der Waals surface area contributed by atoms with Gasteiger partial charge < -0.3 is 19.5 Å². The molecule has 1 aromatic heterocycles. The highest BCUT2D eigenvalue weighted by atomic mass is 16.5. The maximum atomic E-state index is 5.31. The lowest BCUT2D eigenvalue weighted by atomic mass is 10.3. The van der Waals surface area contributed by atoms with E-state index in [0.29, 0.717) is 6.04 Å². The summed E-state index contributed by atoms with van der Waals surface area (Å²) in [6.45, 7) is 7.66. The molecular weight excluding hydrogens is 228 g/mol. The molecule has 5 heteroatoms. The van der Waals surface area contributed by atoms with E-state index in [4.69, 9.17) is 4.74 Å². The van der Waals surface area contributed by atoms with Crippen molar-refractivity contribution in [2.45, 2.75) is 32.9 Å². The molecule has 0 aliphatic carbocycles. The van der Waals surface area contributed by atoms with Crippen LogP contribution in [0.2, 0.25) is 0 Å². The number of anilines is 1. The first kappa shape index (κ1) is 15.0. The van der Waals surface area contributed by atoms with Crippen LogP contribution in [0.3, 0.4) is 0 Å². The van der Waals surface area contributed by atoms with Crippen molar-refractivity contribution >= 4 is 5.95 Å². The Bertz CT molecular complexity index is 325. The number of likely N-dealkylation sites (N-methyl/N-ethyl adjacent to an activating group) is 1. The van der Waals surface area contributed by atoms with Crippen LogP contribution >= 0.6 is 0 Å². The second kappa shape index (κ2) is 8.11. The van der Waals surface area contributed by atoms with Crippen molar-refractivity contribution < 1.29 is 4.74 Å². The first-order valence-corrected chi connectivity index (χ1v) is 6.64. The maximum absolute atomic E-state index is 5.31. The summed E-state index contributed by atoms with van der Waals surface area (Å²) < 4.78 is 7.46. The molecule has 1 rings (SSSR count). The van der Waals surface area contributed by atoms with Crippen molar-refractivity contribution in [2.24, 2.45) is 0 Å². The zero-order chi connectivity index (χ0) is 13.4. The second-order valence-electron chi connectivity index (χ2n) is 4.69. The molecule has 1 heterocycles. The summed E-state index contributed by atoms with van der Waals surface area (Å²) in [5, 5.41) is 3.35. The monoisotopic (exact) mass is 254 g/mol. The molecular formula is C13H26N4O. The molecule has 0 saturated heterocycles. The van der Waals surface area contributed by atoms with Crippen molar-refractivity contribution in [3.63, 3.8) is 0 Å². The largest absolute Gasteiger partial charge is 0.382 e. The number of rotatable bonds is 9. The lowest BCUT2D eigenvalue weighted by Gasteiger charge is -2.21. The van der Waals surface area contributed by atoms with E-state index >= 15 is 0 Å². The number of nitrogens with one attached hydrogen (secondary N) is 1. The Morgan fingerprint density at radius 3 is 2.94 bits per heavy atom. The zero-order valence-electron chi connectivity index (χ0n) is 12.0. The van der Waals surface area contributed by atoms with E-state index in [1.165, 1.54) is 0 Å². The Hall–Kier alpha value is -1.07. The highest BCUT2D eigenvalue weighted by Gasteiger charge is 2.08. The van der Waals surface area contributed by atoms with Crippen LogP contribution in [0.15, 0.2) is 12.4 Å². The van der Waals surface area contributed by atoms with Gasteiger partial charge in [0.25, 0.3) is 0 Å². The van der Waals surface area contributed by atoms with Gasteiger partial charge in [0.05, 0.1) is 0 Å². The standard InChI is InChI=1S/C13H26N4O/c1-5-18-10-6-7-14-13-15-8-9-17(13)11-12(2)16(3)4/h8-9,12H,5-7,10-11H2,1-4H3,(H,14,15). The predicted octanol–water partition coefficient (Wildman–Crippen LogP) is 1.67. The molecule has 1 aromatic rings. The summed E-state index contributed by atoms with van der Waals surface area (Å²) in [6.07, 6.45) is 4.86. The summed E-state index contributed by atoms with van der Waals surface area (Å²) in [5.41, 5.74) is 0. The molecule has 0 spiro atoms. The zero-order valence-corrected chi connectivity index (χ0v) is 12.0. The van der Waals surface area contributed by atoms with Gasteiger partial charge >= 0.3 is 0 Å². The molecule has 0 amide bonds. The third kappa shape index (κ3) is 5.06. The molecule has 0 radical (unpaired) electrons. The third-order valence-corrected chi connectivity index (χ3v) is 3.01. The molecule has 104 valence electrons. The van der Waals surface area contributed by atoms with Gasteiger partial charge in [0.1, 0.15) is 0 Å². The molecule has 0 aliphatic rings. The molecule has 5 nitrogen and oxygen atoms in total. The van der Waals surface area contributed by atoms with Crippen LogP contribution in [-0.2, 0) is 11.3 Å². The van der Waals surface area contributed by atoms with Crippen LogP contribution in [-0.4, -0.2) is 54.3 Å². The quantitative estimate of drug-likeness (QED) is 0.681. The number of ether oxygens (including phenoxy) is 1. The van der Waals surface area contributed by atoms with Crippen LogP contribution in [0, 0.1) is 0 Å². The van der Waals surface area contributed by atoms with Crippen LogP contribution in [0.4, 0.5) is 5.95 Å². The number of hydrogen-bond donors (Lipinski definition) is 1. The van der Waals surface area contributed by atoms with E-state index in [2.05, 4.69) is 40.8 Å². The van der Waals surface area contributed by atoms with E-state index in [1.807, 2.05) is 19.3 Å². The second-order valence-corrected chi connectivity index (χ2v) is 4.69. The van der Waals surface area contributed by atoms with Gasteiger partial charge in [-0.15, -0.1) is 0 Å². The van der Waals surface area contributed by atoms with E-state index < -0.39 is 0 Å². The molecule has 0 aromatic carbocycles. The smallest absolute Gasteiger partial charge is 0.202 e. The minimum atomic E-state index is 0.489. The van der Waals surface area contributed by atoms with Gasteiger partial charge in [0, 0.05) is 44.7 Å². The average molecular weight is 254 g/mol. The summed E-state index contributed by atoms with van der Waals surface area (Å²) in [6, 6.07) is 0.489. The van der Waals surface area contributed by atoms with Crippen molar-refractivity contribution in [1.29, 1.82) is 0 Å². The Morgan fingerprint density at radius 2 is 2.28 bits per heavy atom. The number of hydrogen-bond acceptors (Lipinski definition) is 4. The summed E-state index contributed by atoms with van der Waals surface area (Å²) in [4.78, 5) is 6.55. The first-order chi connectivity index (χ1) is 8.65. The minimum absolute atomic E-state index is 0.489. The Morgan fingerprint density at radius 1 is 1.50 bits per heavy atom. The van der Waals surface area contributed by atoms with Crippen molar-refractivity contribution in [1.82, 2.24) is 14.5 Å². The fraction of sp³-hybridized carbons (Fsp3) is 0.769. The minimum Gasteiger partial charge on any atom is -0.382 e. The maximum Gasteiger partial charge on any atom is 0.202 e.